The lowest BCUT2D eigenvalue weighted by Crippen LogP contribution is -2.63. The molecule has 2 aromatic rings. The molecule has 198 valence electrons. The Morgan fingerprint density at radius 2 is 1.59 bits per heavy atom. The molecule has 0 aromatic heterocycles. The zero-order valence-electron chi connectivity index (χ0n) is 19.8. The van der Waals surface area contributed by atoms with E-state index in [1.807, 2.05) is 0 Å². The minimum absolute atomic E-state index is 0.0281. The van der Waals surface area contributed by atoms with Gasteiger partial charge < -0.3 is 15.5 Å². The third-order valence-electron chi connectivity index (χ3n) is 6.93. The first-order chi connectivity index (χ1) is 17.5. The summed E-state index contributed by atoms with van der Waals surface area (Å²) in [7, 11) is 0. The van der Waals surface area contributed by atoms with Gasteiger partial charge in [0.15, 0.2) is 5.78 Å². The van der Waals surface area contributed by atoms with E-state index in [0.29, 0.717) is 31.7 Å². The van der Waals surface area contributed by atoms with Crippen molar-refractivity contribution in [2.75, 3.05) is 18.0 Å². The molecule has 6 nitrogen and oxygen atoms in total. The Morgan fingerprint density at radius 3 is 2.22 bits per heavy atom. The summed E-state index contributed by atoms with van der Waals surface area (Å²) in [4.78, 5) is 40.3. The molecule has 2 aromatic carbocycles. The maximum absolute atomic E-state index is 13.5. The molecule has 1 heterocycles. The van der Waals surface area contributed by atoms with E-state index in [1.165, 1.54) is 17.0 Å². The number of hydrogen-bond donors (Lipinski definition) is 2. The van der Waals surface area contributed by atoms with E-state index in [1.54, 1.807) is 0 Å². The van der Waals surface area contributed by atoms with Gasteiger partial charge >= 0.3 is 6.18 Å². The second kappa shape index (κ2) is 10.5. The van der Waals surface area contributed by atoms with Crippen LogP contribution in [0.4, 0.5) is 27.6 Å². The second-order valence-electron chi connectivity index (χ2n) is 9.47. The lowest BCUT2D eigenvalue weighted by atomic mass is 9.80. The van der Waals surface area contributed by atoms with Crippen molar-refractivity contribution in [1.82, 2.24) is 10.6 Å². The van der Waals surface area contributed by atoms with E-state index >= 15 is 0 Å². The van der Waals surface area contributed by atoms with Gasteiger partial charge in [0.2, 0.25) is 5.91 Å². The standard InChI is InChI=1S/C26H26F5N3O3/c27-17-6-4-16(5-7-17)23(36)33-25(11-2-1-3-12-25)24(37)32-20-10-13-34(15-22(20)35)21-9-8-18(28)14-19(21)26(29,30)31/h4-9,14,20H,1-3,10-13,15H2,(H,32,37)(H,33,36). The van der Waals surface area contributed by atoms with Gasteiger partial charge in [0.25, 0.3) is 5.91 Å². The van der Waals surface area contributed by atoms with Crippen molar-refractivity contribution < 1.29 is 36.3 Å². The van der Waals surface area contributed by atoms with Gasteiger partial charge in [0.05, 0.1) is 18.2 Å². The molecule has 1 atom stereocenters. The van der Waals surface area contributed by atoms with Crippen LogP contribution in [0.2, 0.25) is 0 Å². The predicted octanol–water partition coefficient (Wildman–Crippen LogP) is 4.38. The highest BCUT2D eigenvalue weighted by atomic mass is 19.4. The third-order valence-corrected chi connectivity index (χ3v) is 6.93. The van der Waals surface area contributed by atoms with Crippen LogP contribution in [-0.2, 0) is 15.8 Å². The lowest BCUT2D eigenvalue weighted by Gasteiger charge is -2.39. The van der Waals surface area contributed by atoms with Crippen LogP contribution >= 0.6 is 0 Å². The highest BCUT2D eigenvalue weighted by Crippen LogP contribution is 2.38. The number of halogens is 5. The number of anilines is 1. The normalized spacial score (nSPS) is 19.9. The van der Waals surface area contributed by atoms with Crippen molar-refractivity contribution in [2.24, 2.45) is 0 Å². The molecule has 1 aliphatic carbocycles. The summed E-state index contributed by atoms with van der Waals surface area (Å²) in [5, 5.41) is 5.48. The zero-order chi connectivity index (χ0) is 26.8. The van der Waals surface area contributed by atoms with Crippen molar-refractivity contribution in [3.8, 4) is 0 Å². The summed E-state index contributed by atoms with van der Waals surface area (Å²) in [6.07, 6.45) is -1.84. The smallest absolute Gasteiger partial charge is 0.364 e. The van der Waals surface area contributed by atoms with E-state index < -0.39 is 59.1 Å². The molecule has 4 rings (SSSR count). The fraction of sp³-hybridized carbons (Fsp3) is 0.423. The van der Waals surface area contributed by atoms with Crippen LogP contribution in [0.3, 0.4) is 0 Å². The van der Waals surface area contributed by atoms with E-state index in [4.69, 9.17) is 0 Å². The van der Waals surface area contributed by atoms with E-state index in [2.05, 4.69) is 10.6 Å². The molecule has 0 bridgehead atoms. The van der Waals surface area contributed by atoms with Gasteiger partial charge in [-0.2, -0.15) is 13.2 Å². The first kappa shape index (κ1) is 26.6. The molecule has 0 radical (unpaired) electrons. The Labute approximate surface area is 210 Å². The van der Waals surface area contributed by atoms with Crippen molar-refractivity contribution >= 4 is 23.3 Å². The number of nitrogens with one attached hydrogen (secondary N) is 2. The first-order valence-electron chi connectivity index (χ1n) is 12.0. The minimum atomic E-state index is -4.80. The monoisotopic (exact) mass is 523 g/mol. The van der Waals surface area contributed by atoms with E-state index in [-0.39, 0.29) is 24.2 Å². The Balaban J connectivity index is 1.46. The average Bonchev–Trinajstić information content (AvgIpc) is 2.85. The van der Waals surface area contributed by atoms with Gasteiger partial charge in [0.1, 0.15) is 17.2 Å². The average molecular weight is 524 g/mol. The number of benzene rings is 2. The van der Waals surface area contributed by atoms with Crippen LogP contribution in [0.1, 0.15) is 54.4 Å². The fourth-order valence-corrected chi connectivity index (χ4v) is 4.94. The quantitative estimate of drug-likeness (QED) is 0.571. The van der Waals surface area contributed by atoms with Gasteiger partial charge in [-0.1, -0.05) is 19.3 Å². The number of carbonyl (C=O) groups excluding carboxylic acids is 3. The predicted molar refractivity (Wildman–Crippen MR) is 125 cm³/mol. The van der Waals surface area contributed by atoms with Gasteiger partial charge in [-0.25, -0.2) is 8.78 Å². The van der Waals surface area contributed by atoms with Crippen molar-refractivity contribution in [2.45, 2.75) is 56.3 Å². The molecule has 1 saturated heterocycles. The van der Waals surface area contributed by atoms with Gasteiger partial charge in [-0.15, -0.1) is 0 Å². The number of rotatable bonds is 5. The van der Waals surface area contributed by atoms with E-state index in [9.17, 15) is 36.3 Å². The molecule has 2 fully saturated rings. The highest BCUT2D eigenvalue weighted by molar-refractivity contribution is 6.01. The van der Waals surface area contributed by atoms with E-state index in [0.717, 1.165) is 30.7 Å². The third kappa shape index (κ3) is 5.91. The number of ketones is 1. The second-order valence-corrected chi connectivity index (χ2v) is 9.47. The zero-order valence-corrected chi connectivity index (χ0v) is 19.8. The molecular weight excluding hydrogens is 497 g/mol. The summed E-state index contributed by atoms with van der Waals surface area (Å²) in [6, 6.07) is 6.24. The summed E-state index contributed by atoms with van der Waals surface area (Å²) >= 11 is 0. The number of alkyl halides is 3. The van der Waals surface area contributed by atoms with Crippen molar-refractivity contribution in [1.29, 1.82) is 0 Å². The first-order valence-corrected chi connectivity index (χ1v) is 12.0. The van der Waals surface area contributed by atoms with Crippen molar-refractivity contribution in [3.63, 3.8) is 0 Å². The molecule has 1 unspecified atom stereocenters. The summed E-state index contributed by atoms with van der Waals surface area (Å²) in [5.41, 5.74) is -2.56. The molecule has 0 spiro atoms. The number of amides is 2. The number of piperidine rings is 1. The molecule has 11 heteroatoms. The summed E-state index contributed by atoms with van der Waals surface area (Å²) in [6.45, 7) is -0.366. The Bertz CT molecular complexity index is 1180. The van der Waals surface area contributed by atoms with Gasteiger partial charge in [0, 0.05) is 17.8 Å². The minimum Gasteiger partial charge on any atom is -0.364 e. The Hall–Kier alpha value is -3.50. The number of carbonyl (C=O) groups is 3. The maximum Gasteiger partial charge on any atom is 0.418 e. The topological polar surface area (TPSA) is 78.5 Å². The summed E-state index contributed by atoms with van der Waals surface area (Å²) < 4.78 is 67.0. The molecule has 2 amide bonds. The van der Waals surface area contributed by atoms with Crippen LogP contribution in [0, 0.1) is 11.6 Å². The van der Waals surface area contributed by atoms with Crippen LogP contribution in [0.25, 0.3) is 0 Å². The molecule has 1 saturated carbocycles. The Kier molecular flexibility index (Phi) is 7.52. The molecule has 2 aliphatic rings. The largest absolute Gasteiger partial charge is 0.418 e. The highest BCUT2D eigenvalue weighted by Gasteiger charge is 2.43. The van der Waals surface area contributed by atoms with Crippen LogP contribution < -0.4 is 15.5 Å². The van der Waals surface area contributed by atoms with Gasteiger partial charge in [-0.05, 0) is 61.7 Å². The van der Waals surface area contributed by atoms with Gasteiger partial charge in [-0.3, -0.25) is 14.4 Å². The fourth-order valence-electron chi connectivity index (χ4n) is 4.94. The molecule has 37 heavy (non-hydrogen) atoms. The van der Waals surface area contributed by atoms with Crippen LogP contribution in [0.5, 0.6) is 0 Å². The SMILES string of the molecule is O=C(NC1(C(=O)NC2CCN(c3ccc(F)cc3C(F)(F)F)CC2=O)CCCCC1)c1ccc(F)cc1. The number of Topliss-reactive ketones (excluding diaryl/α,β-unsaturated/α-hetero) is 1. The number of nitrogens with zero attached hydrogens (tertiary/aromatic N) is 1. The van der Waals surface area contributed by atoms with Crippen LogP contribution in [0.15, 0.2) is 42.5 Å². The lowest BCUT2D eigenvalue weighted by molar-refractivity contribution is -0.137. The molecule has 2 N–H and O–H groups in total. The summed E-state index contributed by atoms with van der Waals surface area (Å²) in [5.74, 6) is -3.12. The number of hydrogen-bond acceptors (Lipinski definition) is 4. The molecule has 1 aliphatic heterocycles. The molecular formula is C26H26F5N3O3. The van der Waals surface area contributed by atoms with Crippen LogP contribution in [-0.4, -0.2) is 42.3 Å². The Morgan fingerprint density at radius 1 is 0.946 bits per heavy atom. The maximum atomic E-state index is 13.5. The van der Waals surface area contributed by atoms with Crippen molar-refractivity contribution in [3.05, 3.63) is 65.2 Å².